The maximum Gasteiger partial charge on any atom is 0.331 e. The van der Waals surface area contributed by atoms with Crippen LogP contribution in [0.2, 0.25) is 0 Å². The van der Waals surface area contributed by atoms with Crippen molar-refractivity contribution in [3.05, 3.63) is 34.9 Å². The summed E-state index contributed by atoms with van der Waals surface area (Å²) in [5, 5.41) is 20.4. The Morgan fingerprint density at radius 2 is 1.95 bits per heavy atom. The average Bonchev–Trinajstić information content (AvgIpc) is 2.45. The molecule has 0 spiro atoms. The summed E-state index contributed by atoms with van der Waals surface area (Å²) in [7, 11) is 1.41. The van der Waals surface area contributed by atoms with Gasteiger partial charge >= 0.3 is 5.97 Å². The van der Waals surface area contributed by atoms with Gasteiger partial charge in [-0.05, 0) is 26.0 Å². The van der Waals surface area contributed by atoms with Gasteiger partial charge in [-0.25, -0.2) is 4.79 Å². The van der Waals surface area contributed by atoms with Crippen molar-refractivity contribution in [2.24, 2.45) is 0 Å². The number of hydrogen-bond donors (Lipinski definition) is 2. The van der Waals surface area contributed by atoms with E-state index in [0.717, 1.165) is 0 Å². The molecular weight excluding hydrogens is 260 g/mol. The van der Waals surface area contributed by atoms with Gasteiger partial charge in [0.2, 0.25) is 0 Å². The quantitative estimate of drug-likeness (QED) is 0.817. The Kier molecular flexibility index (Phi) is 4.87. The number of para-hydroxylation sites is 1. The highest BCUT2D eigenvalue weighted by Gasteiger charge is 2.16. The molecule has 0 unspecified atom stereocenters. The summed E-state index contributed by atoms with van der Waals surface area (Å²) in [6, 6.07) is 6.69. The molecule has 0 heterocycles. The largest absolute Gasteiger partial charge is 0.495 e. The number of nitrogens with zero attached hydrogens (tertiary/aromatic N) is 1. The van der Waals surface area contributed by atoms with Gasteiger partial charge in [-0.15, -0.1) is 0 Å². The molecule has 104 valence electrons. The van der Waals surface area contributed by atoms with E-state index in [1.165, 1.54) is 27.0 Å². The minimum Gasteiger partial charge on any atom is -0.495 e. The van der Waals surface area contributed by atoms with Crippen molar-refractivity contribution in [3.63, 3.8) is 0 Å². The van der Waals surface area contributed by atoms with E-state index in [2.05, 4.69) is 5.32 Å². The Hall–Kier alpha value is -2.81. The number of ether oxygens (including phenoxy) is 1. The van der Waals surface area contributed by atoms with Gasteiger partial charge in [0, 0.05) is 11.1 Å². The Bertz CT molecular complexity index is 627. The molecule has 0 saturated heterocycles. The number of methoxy groups -OCH3 is 1. The fourth-order valence-corrected chi connectivity index (χ4v) is 1.46. The first-order valence-electron chi connectivity index (χ1n) is 5.71. The first-order chi connectivity index (χ1) is 9.42. The van der Waals surface area contributed by atoms with Crippen LogP contribution >= 0.6 is 0 Å². The molecular formula is C14H14N2O4. The van der Waals surface area contributed by atoms with Crippen LogP contribution < -0.4 is 10.1 Å². The monoisotopic (exact) mass is 274 g/mol. The molecule has 0 aliphatic heterocycles. The molecule has 20 heavy (non-hydrogen) atoms. The van der Waals surface area contributed by atoms with E-state index < -0.39 is 11.9 Å². The summed E-state index contributed by atoms with van der Waals surface area (Å²) in [5.41, 5.74) is 0.460. The lowest BCUT2D eigenvalue weighted by molar-refractivity contribution is -0.133. The number of carbonyl (C=O) groups is 2. The number of carbonyl (C=O) groups excluding carboxylic acids is 1. The van der Waals surface area contributed by atoms with Crippen LogP contribution in [0.25, 0.3) is 0 Å². The van der Waals surface area contributed by atoms with Gasteiger partial charge in [0.1, 0.15) is 17.5 Å². The second kappa shape index (κ2) is 6.38. The van der Waals surface area contributed by atoms with E-state index in [4.69, 9.17) is 15.1 Å². The van der Waals surface area contributed by atoms with E-state index in [-0.39, 0.29) is 22.4 Å². The Balaban J connectivity index is 3.18. The van der Waals surface area contributed by atoms with Crippen molar-refractivity contribution in [2.75, 3.05) is 12.4 Å². The van der Waals surface area contributed by atoms with Gasteiger partial charge in [0.05, 0.1) is 12.7 Å². The number of nitrogens with one attached hydrogen (secondary N) is 1. The maximum absolute atomic E-state index is 12.0. The summed E-state index contributed by atoms with van der Waals surface area (Å²) >= 11 is 0. The fraction of sp³-hybridized carbons (Fsp3) is 0.214. The van der Waals surface area contributed by atoms with Crippen LogP contribution in [0.4, 0.5) is 5.69 Å². The number of anilines is 1. The SMILES string of the molecule is COc1cccc(C#N)c1NC(=O)/C(C)=C(/C)C(=O)O. The summed E-state index contributed by atoms with van der Waals surface area (Å²) in [4.78, 5) is 22.8. The van der Waals surface area contributed by atoms with E-state index in [9.17, 15) is 9.59 Å². The number of nitriles is 1. The first kappa shape index (κ1) is 15.2. The highest BCUT2D eigenvalue weighted by atomic mass is 16.5. The van der Waals surface area contributed by atoms with Crippen molar-refractivity contribution in [3.8, 4) is 11.8 Å². The lowest BCUT2D eigenvalue weighted by atomic mass is 10.1. The molecule has 6 heteroatoms. The van der Waals surface area contributed by atoms with Crippen LogP contribution in [0.1, 0.15) is 19.4 Å². The maximum atomic E-state index is 12.0. The minimum atomic E-state index is -1.17. The second-order valence-electron chi connectivity index (χ2n) is 4.00. The standard InChI is InChI=1S/C14H14N2O4/c1-8(9(2)14(18)19)13(17)16-12-10(7-15)5-4-6-11(12)20-3/h4-6H,1-3H3,(H,16,17)(H,18,19)/b9-8-. The van der Waals surface area contributed by atoms with Crippen molar-refractivity contribution in [1.29, 1.82) is 5.26 Å². The zero-order chi connectivity index (χ0) is 15.3. The van der Waals surface area contributed by atoms with Crippen LogP contribution in [0, 0.1) is 11.3 Å². The van der Waals surface area contributed by atoms with Crippen molar-refractivity contribution in [1.82, 2.24) is 0 Å². The third-order valence-electron chi connectivity index (χ3n) is 2.83. The molecule has 0 fully saturated rings. The number of rotatable bonds is 4. The van der Waals surface area contributed by atoms with Crippen LogP contribution in [-0.4, -0.2) is 24.1 Å². The number of aliphatic carboxylic acids is 1. The number of hydrogen-bond acceptors (Lipinski definition) is 4. The Morgan fingerprint density at radius 1 is 1.30 bits per heavy atom. The number of amides is 1. The van der Waals surface area contributed by atoms with Gasteiger partial charge < -0.3 is 15.2 Å². The van der Waals surface area contributed by atoms with Gasteiger partial charge in [0.25, 0.3) is 5.91 Å². The molecule has 0 atom stereocenters. The van der Waals surface area contributed by atoms with Gasteiger partial charge in [-0.2, -0.15) is 5.26 Å². The predicted molar refractivity (Wildman–Crippen MR) is 72.3 cm³/mol. The zero-order valence-corrected chi connectivity index (χ0v) is 11.4. The molecule has 1 aromatic rings. The number of benzene rings is 1. The van der Waals surface area contributed by atoms with Gasteiger partial charge in [-0.3, -0.25) is 4.79 Å². The Labute approximate surface area is 116 Å². The van der Waals surface area contributed by atoms with Crippen molar-refractivity contribution < 1.29 is 19.4 Å². The van der Waals surface area contributed by atoms with Gasteiger partial charge in [0.15, 0.2) is 0 Å². The van der Waals surface area contributed by atoms with Crippen LogP contribution in [-0.2, 0) is 9.59 Å². The summed E-state index contributed by atoms with van der Waals surface area (Å²) in [6.45, 7) is 2.74. The molecule has 1 aromatic carbocycles. The van der Waals surface area contributed by atoms with E-state index >= 15 is 0 Å². The molecule has 0 bridgehead atoms. The molecule has 0 aliphatic rings. The number of carboxylic acids is 1. The van der Waals surface area contributed by atoms with Crippen LogP contribution in [0.15, 0.2) is 29.3 Å². The molecule has 0 aromatic heterocycles. The normalized spacial score (nSPS) is 11.1. The molecule has 2 N–H and O–H groups in total. The molecule has 6 nitrogen and oxygen atoms in total. The zero-order valence-electron chi connectivity index (χ0n) is 11.4. The Morgan fingerprint density at radius 3 is 2.45 bits per heavy atom. The second-order valence-corrected chi connectivity index (χ2v) is 4.00. The first-order valence-corrected chi connectivity index (χ1v) is 5.71. The average molecular weight is 274 g/mol. The number of carboxylic acid groups (broad SMARTS) is 1. The van der Waals surface area contributed by atoms with Crippen LogP contribution in [0.5, 0.6) is 5.75 Å². The van der Waals surface area contributed by atoms with E-state index in [1.807, 2.05) is 6.07 Å². The third-order valence-corrected chi connectivity index (χ3v) is 2.83. The summed E-state index contributed by atoms with van der Waals surface area (Å²) in [6.07, 6.45) is 0. The highest BCUT2D eigenvalue weighted by molar-refractivity contribution is 6.09. The van der Waals surface area contributed by atoms with Crippen molar-refractivity contribution in [2.45, 2.75) is 13.8 Å². The molecule has 0 radical (unpaired) electrons. The summed E-state index contributed by atoms with van der Waals surface area (Å²) < 4.78 is 5.08. The van der Waals surface area contributed by atoms with Crippen molar-refractivity contribution >= 4 is 17.6 Å². The summed E-state index contributed by atoms with van der Waals surface area (Å²) in [5.74, 6) is -1.43. The van der Waals surface area contributed by atoms with Gasteiger partial charge in [-0.1, -0.05) is 6.07 Å². The fourth-order valence-electron chi connectivity index (χ4n) is 1.46. The molecule has 0 saturated carbocycles. The van der Waals surface area contributed by atoms with Crippen LogP contribution in [0.3, 0.4) is 0 Å². The van der Waals surface area contributed by atoms with E-state index in [0.29, 0.717) is 5.75 Å². The predicted octanol–water partition coefficient (Wildman–Crippen LogP) is 1.93. The van der Waals surface area contributed by atoms with E-state index in [1.54, 1.807) is 12.1 Å². The lowest BCUT2D eigenvalue weighted by Crippen LogP contribution is -2.17. The molecule has 1 rings (SSSR count). The topological polar surface area (TPSA) is 99.4 Å². The lowest BCUT2D eigenvalue weighted by Gasteiger charge is -2.12. The highest BCUT2D eigenvalue weighted by Crippen LogP contribution is 2.28. The molecule has 0 aliphatic carbocycles. The minimum absolute atomic E-state index is 0.0593. The third kappa shape index (κ3) is 3.14. The smallest absolute Gasteiger partial charge is 0.331 e. The molecule has 1 amide bonds.